The molecule has 0 aliphatic carbocycles. The largest absolute Gasteiger partial charge is 0.460 e. The van der Waals surface area contributed by atoms with Crippen molar-refractivity contribution in [2.45, 2.75) is 0 Å². The van der Waals surface area contributed by atoms with E-state index in [1.165, 1.54) is 0 Å². The van der Waals surface area contributed by atoms with E-state index in [0.717, 1.165) is 12.1 Å². The Labute approximate surface area is 71.7 Å². The maximum atomic E-state index is 12.8. The first-order valence-electron chi connectivity index (χ1n) is 2.98. The molecule has 0 heterocycles. The van der Waals surface area contributed by atoms with Crippen molar-refractivity contribution in [1.29, 1.82) is 0 Å². The quantitative estimate of drug-likeness (QED) is 0.661. The van der Waals surface area contributed by atoms with Crippen LogP contribution in [0.3, 0.4) is 0 Å². The van der Waals surface area contributed by atoms with Crippen LogP contribution in [0.25, 0.3) is 0 Å². The molecule has 1 rings (SSSR count). The summed E-state index contributed by atoms with van der Waals surface area (Å²) < 4.78 is 41.0. The van der Waals surface area contributed by atoms with Gasteiger partial charge in [0.2, 0.25) is 6.86 Å². The second-order valence-corrected chi connectivity index (χ2v) is 2.36. The van der Waals surface area contributed by atoms with Crippen LogP contribution >= 0.6 is 11.6 Å². The van der Waals surface area contributed by atoms with E-state index >= 15 is 0 Å². The molecule has 0 atom stereocenters. The van der Waals surface area contributed by atoms with Gasteiger partial charge in [-0.2, -0.15) is 0 Å². The van der Waals surface area contributed by atoms with E-state index < -0.39 is 29.3 Å². The molecule has 0 saturated carbocycles. The van der Waals surface area contributed by atoms with Gasteiger partial charge in [-0.3, -0.25) is 0 Å². The van der Waals surface area contributed by atoms with Crippen LogP contribution in [-0.4, -0.2) is 6.86 Å². The summed E-state index contributed by atoms with van der Waals surface area (Å²) in [5.74, 6) is -2.26. The van der Waals surface area contributed by atoms with Crippen molar-refractivity contribution in [3.63, 3.8) is 0 Å². The van der Waals surface area contributed by atoms with Gasteiger partial charge in [0.15, 0.2) is 11.6 Å². The highest BCUT2D eigenvalue weighted by Crippen LogP contribution is 2.25. The average Bonchev–Trinajstić information content (AvgIpc) is 2.00. The SMILES string of the molecule is FCOc1cc(F)cc(Cl)c1F. The number of alkyl halides is 1. The smallest absolute Gasteiger partial charge is 0.228 e. The highest BCUT2D eigenvalue weighted by Gasteiger charge is 2.10. The first kappa shape index (κ1) is 9.19. The van der Waals surface area contributed by atoms with Gasteiger partial charge >= 0.3 is 0 Å². The summed E-state index contributed by atoms with van der Waals surface area (Å²) in [6.07, 6.45) is 0. The molecule has 5 heteroatoms. The molecule has 0 saturated heterocycles. The molecule has 66 valence electrons. The van der Waals surface area contributed by atoms with Gasteiger partial charge in [0.1, 0.15) is 5.82 Å². The average molecular weight is 197 g/mol. The molecule has 12 heavy (non-hydrogen) atoms. The molecule has 0 N–H and O–H groups in total. The van der Waals surface area contributed by atoms with Gasteiger partial charge in [0.25, 0.3) is 0 Å². The zero-order valence-corrected chi connectivity index (χ0v) is 6.54. The Balaban J connectivity index is 3.09. The van der Waals surface area contributed by atoms with Gasteiger partial charge in [-0.15, -0.1) is 0 Å². The summed E-state index contributed by atoms with van der Waals surface area (Å²) in [5.41, 5.74) is 0. The van der Waals surface area contributed by atoms with Crippen LogP contribution < -0.4 is 4.74 Å². The van der Waals surface area contributed by atoms with E-state index in [0.29, 0.717) is 0 Å². The van der Waals surface area contributed by atoms with Crippen LogP contribution in [0.15, 0.2) is 12.1 Å². The summed E-state index contributed by atoms with van der Waals surface area (Å²) >= 11 is 5.24. The molecule has 1 aromatic rings. The lowest BCUT2D eigenvalue weighted by Crippen LogP contribution is -1.94. The van der Waals surface area contributed by atoms with Crippen molar-refractivity contribution in [2.75, 3.05) is 6.86 Å². The summed E-state index contributed by atoms with van der Waals surface area (Å²) in [4.78, 5) is 0. The molecule has 0 aromatic heterocycles. The van der Waals surface area contributed by atoms with Gasteiger partial charge in [0.05, 0.1) is 5.02 Å². The van der Waals surface area contributed by atoms with Gasteiger partial charge in [-0.25, -0.2) is 13.2 Å². The number of hydrogen-bond acceptors (Lipinski definition) is 1. The lowest BCUT2D eigenvalue weighted by Gasteiger charge is -2.03. The van der Waals surface area contributed by atoms with Crippen LogP contribution in [0.5, 0.6) is 5.75 Å². The van der Waals surface area contributed by atoms with E-state index in [1.54, 1.807) is 0 Å². The van der Waals surface area contributed by atoms with Crippen molar-refractivity contribution < 1.29 is 17.9 Å². The minimum absolute atomic E-state index is 0.432. The number of rotatable bonds is 2. The number of ether oxygens (including phenoxy) is 1. The van der Waals surface area contributed by atoms with Gasteiger partial charge in [-0.05, 0) is 6.07 Å². The van der Waals surface area contributed by atoms with Crippen LogP contribution in [0.4, 0.5) is 13.2 Å². The molecular formula is C7H4ClF3O. The zero-order chi connectivity index (χ0) is 9.14. The fourth-order valence-electron chi connectivity index (χ4n) is 0.696. The Morgan fingerprint density at radius 3 is 2.58 bits per heavy atom. The maximum Gasteiger partial charge on any atom is 0.228 e. The number of hydrogen-bond donors (Lipinski definition) is 0. The Bertz CT molecular complexity index is 290. The number of halogens is 4. The molecule has 0 bridgehead atoms. The van der Waals surface area contributed by atoms with Crippen molar-refractivity contribution in [2.24, 2.45) is 0 Å². The second kappa shape index (κ2) is 3.67. The molecule has 0 aliphatic rings. The Morgan fingerprint density at radius 2 is 2.00 bits per heavy atom. The van der Waals surface area contributed by atoms with E-state index in [4.69, 9.17) is 11.6 Å². The third-order valence-corrected chi connectivity index (χ3v) is 1.44. The van der Waals surface area contributed by atoms with Gasteiger partial charge in [-0.1, -0.05) is 11.6 Å². The van der Waals surface area contributed by atoms with E-state index in [-0.39, 0.29) is 0 Å². The molecule has 0 amide bonds. The molecule has 0 aliphatic heterocycles. The number of benzene rings is 1. The lowest BCUT2D eigenvalue weighted by atomic mass is 10.3. The first-order chi connectivity index (χ1) is 5.65. The predicted octanol–water partition coefficient (Wildman–Crippen LogP) is 2.92. The third kappa shape index (κ3) is 1.82. The molecule has 0 fully saturated rings. The van der Waals surface area contributed by atoms with E-state index in [2.05, 4.69) is 4.74 Å². The standard InChI is InChI=1S/C7H4ClF3O/c8-5-1-4(10)2-6(7(5)11)12-3-9/h1-2H,3H2. The van der Waals surface area contributed by atoms with E-state index in [9.17, 15) is 13.2 Å². The Kier molecular flexibility index (Phi) is 2.81. The van der Waals surface area contributed by atoms with E-state index in [1.807, 2.05) is 0 Å². The van der Waals surface area contributed by atoms with Crippen molar-refractivity contribution in [3.05, 3.63) is 28.8 Å². The van der Waals surface area contributed by atoms with Gasteiger partial charge < -0.3 is 4.74 Å². The Hall–Kier alpha value is -0.900. The first-order valence-corrected chi connectivity index (χ1v) is 3.36. The second-order valence-electron chi connectivity index (χ2n) is 1.95. The summed E-state index contributed by atoms with van der Waals surface area (Å²) in [6, 6.07) is 1.50. The topological polar surface area (TPSA) is 9.23 Å². The lowest BCUT2D eigenvalue weighted by molar-refractivity contribution is 0.183. The normalized spacial score (nSPS) is 10.0. The molecule has 0 spiro atoms. The Morgan fingerprint density at radius 1 is 1.33 bits per heavy atom. The van der Waals surface area contributed by atoms with Crippen LogP contribution in [0, 0.1) is 11.6 Å². The summed E-state index contributed by atoms with van der Waals surface area (Å²) in [6.45, 7) is -1.23. The zero-order valence-electron chi connectivity index (χ0n) is 5.78. The minimum Gasteiger partial charge on any atom is -0.460 e. The molecule has 0 radical (unpaired) electrons. The van der Waals surface area contributed by atoms with Crippen molar-refractivity contribution in [3.8, 4) is 5.75 Å². The predicted molar refractivity (Wildman–Crippen MR) is 38.0 cm³/mol. The third-order valence-electron chi connectivity index (χ3n) is 1.17. The molecule has 0 unspecified atom stereocenters. The minimum atomic E-state index is -1.23. The van der Waals surface area contributed by atoms with Crippen LogP contribution in [0.1, 0.15) is 0 Å². The highest BCUT2D eigenvalue weighted by molar-refractivity contribution is 6.30. The monoisotopic (exact) mass is 196 g/mol. The van der Waals surface area contributed by atoms with Crippen LogP contribution in [-0.2, 0) is 0 Å². The van der Waals surface area contributed by atoms with Crippen molar-refractivity contribution >= 4 is 11.6 Å². The van der Waals surface area contributed by atoms with Crippen molar-refractivity contribution in [1.82, 2.24) is 0 Å². The fourth-order valence-corrected chi connectivity index (χ4v) is 0.894. The van der Waals surface area contributed by atoms with Crippen LogP contribution in [0.2, 0.25) is 5.02 Å². The summed E-state index contributed by atoms with van der Waals surface area (Å²) in [5, 5.41) is -0.432. The molecule has 1 aromatic carbocycles. The van der Waals surface area contributed by atoms with Gasteiger partial charge in [0, 0.05) is 6.07 Å². The highest BCUT2D eigenvalue weighted by atomic mass is 35.5. The molecular weight excluding hydrogens is 193 g/mol. The molecule has 1 nitrogen and oxygen atoms in total. The summed E-state index contributed by atoms with van der Waals surface area (Å²) in [7, 11) is 0. The fraction of sp³-hybridized carbons (Fsp3) is 0.143. The maximum absolute atomic E-state index is 12.8.